The van der Waals surface area contributed by atoms with E-state index in [0.717, 1.165) is 23.2 Å². The molecule has 1 N–H and O–H groups in total. The van der Waals surface area contributed by atoms with Crippen LogP contribution in [0.25, 0.3) is 0 Å². The van der Waals surface area contributed by atoms with Crippen LogP contribution in [-0.4, -0.2) is 18.6 Å². The standard InChI is InChI=1S/C15H17BrN2O/c1-17-10-13-4-5-15(14(16)9-13)19-8-6-12-3-2-7-18-11-12/h2-5,7,9,11,17H,6,8,10H2,1H3. The number of halogens is 1. The fourth-order valence-electron chi connectivity index (χ4n) is 1.80. The van der Waals surface area contributed by atoms with Crippen molar-refractivity contribution in [3.63, 3.8) is 0 Å². The maximum absolute atomic E-state index is 5.78. The Bertz CT molecular complexity index is 517. The largest absolute Gasteiger partial charge is 0.492 e. The minimum atomic E-state index is 0.648. The average molecular weight is 321 g/mol. The van der Waals surface area contributed by atoms with Gasteiger partial charge in [-0.05, 0) is 52.3 Å². The Hall–Kier alpha value is -1.39. The lowest BCUT2D eigenvalue weighted by Gasteiger charge is -2.09. The van der Waals surface area contributed by atoms with Gasteiger partial charge >= 0.3 is 0 Å². The van der Waals surface area contributed by atoms with Crippen molar-refractivity contribution in [2.75, 3.05) is 13.7 Å². The molecule has 0 bridgehead atoms. The Morgan fingerprint density at radius 3 is 2.84 bits per heavy atom. The molecule has 1 heterocycles. The maximum atomic E-state index is 5.78. The van der Waals surface area contributed by atoms with Gasteiger partial charge in [0.2, 0.25) is 0 Å². The van der Waals surface area contributed by atoms with Gasteiger partial charge in [0, 0.05) is 25.4 Å². The van der Waals surface area contributed by atoms with Gasteiger partial charge in [0.15, 0.2) is 0 Å². The SMILES string of the molecule is CNCc1ccc(OCCc2cccnc2)c(Br)c1. The molecule has 100 valence electrons. The molecule has 0 aliphatic heterocycles. The first-order chi connectivity index (χ1) is 9.29. The number of hydrogen-bond donors (Lipinski definition) is 1. The highest BCUT2D eigenvalue weighted by Gasteiger charge is 2.02. The molecule has 1 aromatic heterocycles. The average Bonchev–Trinajstić information content (AvgIpc) is 2.43. The van der Waals surface area contributed by atoms with E-state index in [1.165, 1.54) is 11.1 Å². The maximum Gasteiger partial charge on any atom is 0.133 e. The molecule has 0 unspecified atom stereocenters. The van der Waals surface area contributed by atoms with Crippen LogP contribution >= 0.6 is 15.9 Å². The lowest BCUT2D eigenvalue weighted by Crippen LogP contribution is -2.06. The minimum absolute atomic E-state index is 0.648. The number of ether oxygens (including phenoxy) is 1. The van der Waals surface area contributed by atoms with E-state index >= 15 is 0 Å². The Morgan fingerprint density at radius 1 is 1.26 bits per heavy atom. The zero-order valence-electron chi connectivity index (χ0n) is 10.9. The highest BCUT2D eigenvalue weighted by molar-refractivity contribution is 9.10. The Morgan fingerprint density at radius 2 is 2.16 bits per heavy atom. The van der Waals surface area contributed by atoms with E-state index in [9.17, 15) is 0 Å². The molecular weight excluding hydrogens is 304 g/mol. The molecule has 0 amide bonds. The van der Waals surface area contributed by atoms with Crippen molar-refractivity contribution >= 4 is 15.9 Å². The fraction of sp³-hybridized carbons (Fsp3) is 0.267. The predicted molar refractivity (Wildman–Crippen MR) is 80.3 cm³/mol. The van der Waals surface area contributed by atoms with Gasteiger partial charge in [-0.1, -0.05) is 12.1 Å². The van der Waals surface area contributed by atoms with Crippen LogP contribution in [0.5, 0.6) is 5.75 Å². The van der Waals surface area contributed by atoms with Gasteiger partial charge in [-0.25, -0.2) is 0 Å². The fourth-order valence-corrected chi connectivity index (χ4v) is 2.34. The normalized spacial score (nSPS) is 10.4. The third-order valence-corrected chi connectivity index (χ3v) is 3.37. The van der Waals surface area contributed by atoms with Crippen LogP contribution in [0.1, 0.15) is 11.1 Å². The molecule has 0 aliphatic carbocycles. The van der Waals surface area contributed by atoms with Crippen LogP contribution < -0.4 is 10.1 Å². The van der Waals surface area contributed by atoms with Crippen LogP contribution in [0.3, 0.4) is 0 Å². The third-order valence-electron chi connectivity index (χ3n) is 2.75. The van der Waals surface area contributed by atoms with Crippen molar-refractivity contribution < 1.29 is 4.74 Å². The summed E-state index contributed by atoms with van der Waals surface area (Å²) >= 11 is 3.54. The minimum Gasteiger partial charge on any atom is -0.492 e. The third kappa shape index (κ3) is 4.33. The summed E-state index contributed by atoms with van der Waals surface area (Å²) in [6.45, 7) is 1.50. The molecule has 2 aromatic rings. The topological polar surface area (TPSA) is 34.1 Å². The molecule has 2 rings (SSSR count). The van der Waals surface area contributed by atoms with Crippen LogP contribution in [0.2, 0.25) is 0 Å². The monoisotopic (exact) mass is 320 g/mol. The second-order valence-electron chi connectivity index (χ2n) is 4.25. The van der Waals surface area contributed by atoms with E-state index in [4.69, 9.17) is 4.74 Å². The summed E-state index contributed by atoms with van der Waals surface area (Å²) in [4.78, 5) is 4.09. The zero-order chi connectivity index (χ0) is 13.5. The summed E-state index contributed by atoms with van der Waals surface area (Å²) in [6, 6.07) is 10.1. The second-order valence-corrected chi connectivity index (χ2v) is 5.11. The number of benzene rings is 1. The molecule has 19 heavy (non-hydrogen) atoms. The van der Waals surface area contributed by atoms with Crippen molar-refractivity contribution in [2.45, 2.75) is 13.0 Å². The summed E-state index contributed by atoms with van der Waals surface area (Å²) in [6.07, 6.45) is 4.51. The van der Waals surface area contributed by atoms with Crippen molar-refractivity contribution in [3.05, 3.63) is 58.3 Å². The van der Waals surface area contributed by atoms with E-state index < -0.39 is 0 Å². The van der Waals surface area contributed by atoms with Crippen molar-refractivity contribution in [3.8, 4) is 5.75 Å². The number of pyridine rings is 1. The zero-order valence-corrected chi connectivity index (χ0v) is 12.5. The van der Waals surface area contributed by atoms with Crippen LogP contribution in [-0.2, 0) is 13.0 Å². The molecule has 0 spiro atoms. The molecule has 0 fully saturated rings. The number of nitrogens with one attached hydrogen (secondary N) is 1. The number of rotatable bonds is 6. The number of aromatic nitrogens is 1. The smallest absolute Gasteiger partial charge is 0.133 e. The van der Waals surface area contributed by atoms with Gasteiger partial charge in [-0.3, -0.25) is 4.98 Å². The quantitative estimate of drug-likeness (QED) is 0.887. The van der Waals surface area contributed by atoms with Crippen molar-refractivity contribution in [2.24, 2.45) is 0 Å². The van der Waals surface area contributed by atoms with Crippen molar-refractivity contribution in [1.82, 2.24) is 10.3 Å². The van der Waals surface area contributed by atoms with E-state index in [-0.39, 0.29) is 0 Å². The highest BCUT2D eigenvalue weighted by Crippen LogP contribution is 2.26. The molecule has 0 saturated heterocycles. The number of hydrogen-bond acceptors (Lipinski definition) is 3. The summed E-state index contributed by atoms with van der Waals surface area (Å²) < 4.78 is 6.77. The first-order valence-electron chi connectivity index (χ1n) is 6.24. The molecule has 0 saturated carbocycles. The number of nitrogens with zero attached hydrogens (tertiary/aromatic N) is 1. The van der Waals surface area contributed by atoms with E-state index in [1.807, 2.05) is 25.4 Å². The van der Waals surface area contributed by atoms with Crippen LogP contribution in [0.4, 0.5) is 0 Å². The first kappa shape index (κ1) is 14.0. The Balaban J connectivity index is 1.89. The summed E-state index contributed by atoms with van der Waals surface area (Å²) in [5.41, 5.74) is 2.42. The summed E-state index contributed by atoms with van der Waals surface area (Å²) in [5.74, 6) is 0.878. The van der Waals surface area contributed by atoms with Gasteiger partial charge in [-0.15, -0.1) is 0 Å². The van der Waals surface area contributed by atoms with Gasteiger partial charge in [0.05, 0.1) is 11.1 Å². The molecule has 1 aromatic carbocycles. The van der Waals surface area contributed by atoms with Gasteiger partial charge < -0.3 is 10.1 Å². The van der Waals surface area contributed by atoms with Crippen molar-refractivity contribution in [1.29, 1.82) is 0 Å². The summed E-state index contributed by atoms with van der Waals surface area (Å²) in [5, 5.41) is 3.13. The molecule has 4 heteroatoms. The van der Waals surface area contributed by atoms with Gasteiger partial charge in [-0.2, -0.15) is 0 Å². The van der Waals surface area contributed by atoms with Gasteiger partial charge in [0.1, 0.15) is 5.75 Å². The second kappa shape index (κ2) is 7.26. The van der Waals surface area contributed by atoms with Crippen LogP contribution in [0, 0.1) is 0 Å². The van der Waals surface area contributed by atoms with E-state index in [1.54, 1.807) is 6.20 Å². The molecular formula is C15H17BrN2O. The Kier molecular flexibility index (Phi) is 5.36. The summed E-state index contributed by atoms with van der Waals surface area (Å²) in [7, 11) is 1.94. The Labute approximate surface area is 122 Å². The highest BCUT2D eigenvalue weighted by atomic mass is 79.9. The molecule has 0 aliphatic rings. The lowest BCUT2D eigenvalue weighted by molar-refractivity contribution is 0.319. The lowest BCUT2D eigenvalue weighted by atomic mass is 10.2. The van der Waals surface area contributed by atoms with E-state index in [0.29, 0.717) is 6.61 Å². The molecule has 0 radical (unpaired) electrons. The van der Waals surface area contributed by atoms with E-state index in [2.05, 4.69) is 44.4 Å². The van der Waals surface area contributed by atoms with Gasteiger partial charge in [0.25, 0.3) is 0 Å². The van der Waals surface area contributed by atoms with Crippen LogP contribution in [0.15, 0.2) is 47.2 Å². The molecule has 0 atom stereocenters. The first-order valence-corrected chi connectivity index (χ1v) is 7.03. The predicted octanol–water partition coefficient (Wildman–Crippen LogP) is 3.19. The molecule has 3 nitrogen and oxygen atoms in total.